The van der Waals surface area contributed by atoms with Gasteiger partial charge in [-0.1, -0.05) is 18.2 Å². The third-order valence-electron chi connectivity index (χ3n) is 5.02. The van der Waals surface area contributed by atoms with E-state index in [0.717, 1.165) is 61.8 Å². The zero-order chi connectivity index (χ0) is 18.5. The number of benzene rings is 1. The number of para-hydroxylation sites is 1. The Morgan fingerprint density at radius 2 is 2.15 bits per heavy atom. The largest absolute Gasteiger partial charge is 0.493 e. The van der Waals surface area contributed by atoms with Crippen molar-refractivity contribution in [1.82, 2.24) is 9.88 Å². The molecule has 0 saturated carbocycles. The zero-order valence-electron chi connectivity index (χ0n) is 15.8. The molecule has 0 amide bonds. The SMILES string of the molecule is COc1cccc2c1OCC(CN(Cc1ccccn1)C[C@@H]1CCCO1)=C2. The molecule has 0 aliphatic carbocycles. The molecule has 27 heavy (non-hydrogen) atoms. The maximum absolute atomic E-state index is 6.01. The summed E-state index contributed by atoms with van der Waals surface area (Å²) >= 11 is 0. The minimum atomic E-state index is 0.311. The van der Waals surface area contributed by atoms with Crippen LogP contribution in [-0.4, -0.2) is 49.4 Å². The maximum atomic E-state index is 6.01. The molecule has 142 valence electrons. The number of hydrogen-bond acceptors (Lipinski definition) is 5. The average Bonchev–Trinajstić information content (AvgIpc) is 3.21. The van der Waals surface area contributed by atoms with E-state index in [1.54, 1.807) is 7.11 Å². The predicted molar refractivity (Wildman–Crippen MR) is 105 cm³/mol. The number of nitrogens with zero attached hydrogens (tertiary/aromatic N) is 2. The van der Waals surface area contributed by atoms with Crippen molar-refractivity contribution in [3.8, 4) is 11.5 Å². The lowest BCUT2D eigenvalue weighted by Gasteiger charge is -2.28. The van der Waals surface area contributed by atoms with Gasteiger partial charge in [0, 0.05) is 38.0 Å². The van der Waals surface area contributed by atoms with Crippen molar-refractivity contribution in [2.24, 2.45) is 0 Å². The van der Waals surface area contributed by atoms with Gasteiger partial charge in [0.15, 0.2) is 11.5 Å². The molecule has 2 aliphatic rings. The number of hydrogen-bond donors (Lipinski definition) is 0. The van der Waals surface area contributed by atoms with E-state index in [2.05, 4.69) is 28.1 Å². The minimum Gasteiger partial charge on any atom is -0.493 e. The molecule has 2 aromatic rings. The van der Waals surface area contributed by atoms with Crippen LogP contribution < -0.4 is 9.47 Å². The molecule has 0 unspecified atom stereocenters. The summed E-state index contributed by atoms with van der Waals surface area (Å²) in [6, 6.07) is 12.1. The van der Waals surface area contributed by atoms with Crippen LogP contribution in [0, 0.1) is 0 Å². The van der Waals surface area contributed by atoms with Crippen molar-refractivity contribution in [2.75, 3.05) is 33.4 Å². The van der Waals surface area contributed by atoms with E-state index in [9.17, 15) is 0 Å². The van der Waals surface area contributed by atoms with Crippen LogP contribution in [0.5, 0.6) is 11.5 Å². The summed E-state index contributed by atoms with van der Waals surface area (Å²) in [5, 5.41) is 0. The Labute approximate surface area is 160 Å². The third-order valence-corrected chi connectivity index (χ3v) is 5.02. The Hall–Kier alpha value is -2.37. The van der Waals surface area contributed by atoms with Gasteiger partial charge in [-0.3, -0.25) is 9.88 Å². The van der Waals surface area contributed by atoms with Crippen molar-refractivity contribution in [2.45, 2.75) is 25.5 Å². The fourth-order valence-electron chi connectivity index (χ4n) is 3.75. The van der Waals surface area contributed by atoms with E-state index in [-0.39, 0.29) is 0 Å². The molecular weight excluding hydrogens is 340 g/mol. The summed E-state index contributed by atoms with van der Waals surface area (Å²) < 4.78 is 17.3. The number of pyridine rings is 1. The lowest BCUT2D eigenvalue weighted by atomic mass is 10.1. The van der Waals surface area contributed by atoms with Crippen molar-refractivity contribution >= 4 is 6.08 Å². The summed E-state index contributed by atoms with van der Waals surface area (Å²) in [6.07, 6.45) is 6.68. The van der Waals surface area contributed by atoms with Crippen LogP contribution in [0.15, 0.2) is 48.2 Å². The van der Waals surface area contributed by atoms with Gasteiger partial charge in [0.1, 0.15) is 6.61 Å². The van der Waals surface area contributed by atoms with E-state index < -0.39 is 0 Å². The van der Waals surface area contributed by atoms with Crippen LogP contribution in [0.2, 0.25) is 0 Å². The Bertz CT molecular complexity index is 785. The summed E-state index contributed by atoms with van der Waals surface area (Å²) in [6.45, 7) is 4.02. The van der Waals surface area contributed by atoms with Crippen molar-refractivity contribution in [3.05, 3.63) is 59.4 Å². The normalized spacial score (nSPS) is 18.7. The lowest BCUT2D eigenvalue weighted by Crippen LogP contribution is -2.34. The molecule has 5 nitrogen and oxygen atoms in total. The fraction of sp³-hybridized carbons (Fsp3) is 0.409. The Kier molecular flexibility index (Phi) is 5.70. The second-order valence-electron chi connectivity index (χ2n) is 7.10. The van der Waals surface area contributed by atoms with Crippen molar-refractivity contribution < 1.29 is 14.2 Å². The molecule has 1 saturated heterocycles. The van der Waals surface area contributed by atoms with Crippen LogP contribution in [0.1, 0.15) is 24.1 Å². The molecule has 1 atom stereocenters. The van der Waals surface area contributed by atoms with Gasteiger partial charge in [0.05, 0.1) is 18.9 Å². The molecule has 0 bridgehead atoms. The first-order chi connectivity index (χ1) is 13.3. The lowest BCUT2D eigenvalue weighted by molar-refractivity contribution is 0.0726. The van der Waals surface area contributed by atoms with Gasteiger partial charge in [-0.25, -0.2) is 0 Å². The van der Waals surface area contributed by atoms with Gasteiger partial charge in [0.2, 0.25) is 0 Å². The van der Waals surface area contributed by atoms with Crippen LogP contribution >= 0.6 is 0 Å². The zero-order valence-corrected chi connectivity index (χ0v) is 15.8. The summed E-state index contributed by atoms with van der Waals surface area (Å²) in [5.41, 5.74) is 3.41. The monoisotopic (exact) mass is 366 g/mol. The fourth-order valence-corrected chi connectivity index (χ4v) is 3.75. The van der Waals surface area contributed by atoms with Crippen LogP contribution in [0.25, 0.3) is 6.08 Å². The molecule has 1 aromatic carbocycles. The summed E-state index contributed by atoms with van der Waals surface area (Å²) in [4.78, 5) is 6.91. The number of aromatic nitrogens is 1. The predicted octanol–water partition coefficient (Wildman–Crippen LogP) is 3.55. The average molecular weight is 366 g/mol. The molecule has 1 aromatic heterocycles. The number of fused-ring (bicyclic) bond motifs is 1. The highest BCUT2D eigenvalue weighted by Crippen LogP contribution is 2.35. The first-order valence-corrected chi connectivity index (χ1v) is 9.55. The highest BCUT2D eigenvalue weighted by Gasteiger charge is 2.22. The molecule has 3 heterocycles. The molecule has 1 fully saturated rings. The first kappa shape index (κ1) is 18.0. The molecule has 0 N–H and O–H groups in total. The van der Waals surface area contributed by atoms with Gasteiger partial charge in [-0.2, -0.15) is 0 Å². The maximum Gasteiger partial charge on any atom is 0.168 e. The number of ether oxygens (including phenoxy) is 3. The molecule has 4 rings (SSSR count). The second-order valence-corrected chi connectivity index (χ2v) is 7.10. The molecule has 5 heteroatoms. The van der Waals surface area contributed by atoms with Gasteiger partial charge < -0.3 is 14.2 Å². The molecular formula is C22H26N2O3. The summed E-state index contributed by atoms with van der Waals surface area (Å²) in [7, 11) is 1.68. The van der Waals surface area contributed by atoms with Gasteiger partial charge >= 0.3 is 0 Å². The molecule has 0 radical (unpaired) electrons. The van der Waals surface area contributed by atoms with Gasteiger partial charge in [-0.05, 0) is 42.7 Å². The number of rotatable bonds is 7. The van der Waals surface area contributed by atoms with E-state index in [1.807, 2.05) is 30.5 Å². The van der Waals surface area contributed by atoms with Gasteiger partial charge in [-0.15, -0.1) is 0 Å². The molecule has 2 aliphatic heterocycles. The molecule has 0 spiro atoms. The summed E-state index contributed by atoms with van der Waals surface area (Å²) in [5.74, 6) is 1.62. The standard InChI is InChI=1S/C22H26N2O3/c1-25-21-9-4-6-18-12-17(16-27-22(18)21)13-24(15-20-8-5-11-26-20)14-19-7-2-3-10-23-19/h2-4,6-7,9-10,12,20H,5,8,11,13-16H2,1H3/t20-/m0/s1. The topological polar surface area (TPSA) is 43.8 Å². The van der Waals surface area contributed by atoms with Crippen LogP contribution in [0.3, 0.4) is 0 Å². The Morgan fingerprint density at radius 1 is 1.19 bits per heavy atom. The van der Waals surface area contributed by atoms with Crippen LogP contribution in [-0.2, 0) is 11.3 Å². The van der Waals surface area contributed by atoms with Gasteiger partial charge in [0.25, 0.3) is 0 Å². The second kappa shape index (κ2) is 8.55. The van der Waals surface area contributed by atoms with E-state index in [1.165, 1.54) is 5.57 Å². The first-order valence-electron chi connectivity index (χ1n) is 9.55. The van der Waals surface area contributed by atoms with Crippen molar-refractivity contribution in [3.63, 3.8) is 0 Å². The Balaban J connectivity index is 1.50. The smallest absolute Gasteiger partial charge is 0.168 e. The van der Waals surface area contributed by atoms with Crippen molar-refractivity contribution in [1.29, 1.82) is 0 Å². The third kappa shape index (κ3) is 4.49. The van der Waals surface area contributed by atoms with E-state index in [0.29, 0.717) is 12.7 Å². The minimum absolute atomic E-state index is 0.311. The van der Waals surface area contributed by atoms with E-state index >= 15 is 0 Å². The Morgan fingerprint density at radius 3 is 2.93 bits per heavy atom. The highest BCUT2D eigenvalue weighted by molar-refractivity contribution is 5.66. The quantitative estimate of drug-likeness (QED) is 0.750. The van der Waals surface area contributed by atoms with Crippen LogP contribution in [0.4, 0.5) is 0 Å². The highest BCUT2D eigenvalue weighted by atomic mass is 16.5. The van der Waals surface area contributed by atoms with E-state index in [4.69, 9.17) is 14.2 Å². The number of methoxy groups -OCH3 is 1.